The van der Waals surface area contributed by atoms with Gasteiger partial charge in [-0.25, -0.2) is 13.6 Å². The van der Waals surface area contributed by atoms with Crippen LogP contribution in [0.4, 0.5) is 0 Å². The third kappa shape index (κ3) is 3.06. The zero-order valence-corrected chi connectivity index (χ0v) is 15.0. The average molecular weight is 353 g/mol. The van der Waals surface area contributed by atoms with Crippen LogP contribution in [-0.2, 0) is 14.8 Å². The van der Waals surface area contributed by atoms with Gasteiger partial charge in [0, 0.05) is 25.2 Å². The second-order valence-electron chi connectivity index (χ2n) is 6.63. The molecule has 24 heavy (non-hydrogen) atoms. The molecule has 0 aromatic heterocycles. The zero-order chi connectivity index (χ0) is 17.6. The maximum Gasteiger partial charge on any atom is 0.254 e. The molecule has 0 saturated carbocycles. The molecule has 1 aromatic carbocycles. The molecule has 2 saturated heterocycles. The van der Waals surface area contributed by atoms with Crippen LogP contribution >= 0.6 is 0 Å². The van der Waals surface area contributed by atoms with Crippen molar-refractivity contribution in [2.45, 2.75) is 30.9 Å². The summed E-state index contributed by atoms with van der Waals surface area (Å²) in [7, 11) is -1.84. The minimum Gasteiger partial charge on any atom is -0.373 e. The normalized spacial score (nSPS) is 24.9. The van der Waals surface area contributed by atoms with Crippen molar-refractivity contribution in [3.8, 4) is 0 Å². The number of hydrogen-bond donors (Lipinski definition) is 1. The number of likely N-dealkylation sites (tertiary alicyclic amines) is 1. The van der Waals surface area contributed by atoms with Crippen molar-refractivity contribution < 1.29 is 17.9 Å². The Hall–Kier alpha value is -1.48. The molecule has 2 aliphatic heterocycles. The van der Waals surface area contributed by atoms with Crippen LogP contribution in [0.15, 0.2) is 17.0 Å². The first kappa shape index (κ1) is 17.3. The summed E-state index contributed by atoms with van der Waals surface area (Å²) < 4.78 is 29.3. The van der Waals surface area contributed by atoms with Gasteiger partial charge in [0.2, 0.25) is 10.0 Å². The van der Waals surface area contributed by atoms with Gasteiger partial charge in [-0.1, -0.05) is 0 Å². The molecule has 1 amide bonds. The molecule has 1 aromatic rings. The Morgan fingerprint density at radius 3 is 2.62 bits per heavy atom. The van der Waals surface area contributed by atoms with E-state index in [1.54, 1.807) is 24.8 Å². The molecular formula is C16H23N3O4S. The fraction of sp³-hybridized carbons (Fsp3) is 0.562. The summed E-state index contributed by atoms with van der Waals surface area (Å²) in [5.41, 5.74) is 1.66. The van der Waals surface area contributed by atoms with Gasteiger partial charge in [0.05, 0.1) is 23.6 Å². The lowest BCUT2D eigenvalue weighted by molar-refractivity contribution is -0.0368. The van der Waals surface area contributed by atoms with Crippen molar-refractivity contribution >= 4 is 15.9 Å². The van der Waals surface area contributed by atoms with E-state index in [0.29, 0.717) is 30.8 Å². The predicted molar refractivity (Wildman–Crippen MR) is 89.4 cm³/mol. The number of sulfonamides is 1. The third-order valence-corrected chi connectivity index (χ3v) is 6.08. The van der Waals surface area contributed by atoms with Crippen molar-refractivity contribution in [3.63, 3.8) is 0 Å². The molecule has 2 N–H and O–H groups in total. The van der Waals surface area contributed by atoms with E-state index in [4.69, 9.17) is 9.88 Å². The summed E-state index contributed by atoms with van der Waals surface area (Å²) >= 11 is 0. The Bertz CT molecular complexity index is 778. The molecule has 0 unspecified atom stereocenters. The number of rotatable bonds is 2. The summed E-state index contributed by atoms with van der Waals surface area (Å²) in [5, 5.41) is 5.28. The number of nitrogens with zero attached hydrogens (tertiary/aromatic N) is 2. The highest BCUT2D eigenvalue weighted by Gasteiger charge is 2.40. The molecular weight excluding hydrogens is 330 g/mol. The van der Waals surface area contributed by atoms with Gasteiger partial charge in [0.25, 0.3) is 5.91 Å². The smallest absolute Gasteiger partial charge is 0.254 e. The van der Waals surface area contributed by atoms with Gasteiger partial charge >= 0.3 is 0 Å². The van der Waals surface area contributed by atoms with Crippen molar-refractivity contribution in [3.05, 3.63) is 28.8 Å². The number of carbonyl (C=O) groups excluding carboxylic acids is 1. The topological polar surface area (TPSA) is 92.9 Å². The van der Waals surface area contributed by atoms with E-state index in [1.807, 2.05) is 7.05 Å². The highest BCUT2D eigenvalue weighted by molar-refractivity contribution is 7.89. The number of fused-ring (bicyclic) bond motifs is 1. The minimum atomic E-state index is -3.87. The molecule has 0 bridgehead atoms. The summed E-state index contributed by atoms with van der Waals surface area (Å²) in [6.45, 7) is 6.09. The van der Waals surface area contributed by atoms with Crippen molar-refractivity contribution in [2.75, 3.05) is 33.3 Å². The Morgan fingerprint density at radius 1 is 1.29 bits per heavy atom. The monoisotopic (exact) mass is 353 g/mol. The number of nitrogens with two attached hydrogens (primary N) is 1. The number of amides is 1. The van der Waals surface area contributed by atoms with Crippen LogP contribution in [0.25, 0.3) is 0 Å². The molecule has 0 aliphatic carbocycles. The second-order valence-corrected chi connectivity index (χ2v) is 8.16. The van der Waals surface area contributed by atoms with Crippen molar-refractivity contribution in [1.82, 2.24) is 9.80 Å². The molecule has 2 fully saturated rings. The predicted octanol–water partition coefficient (Wildman–Crippen LogP) is 0.106. The first-order valence-corrected chi connectivity index (χ1v) is 9.48. The number of likely N-dealkylation sites (N-methyl/N-ethyl adjacent to an activating group) is 1. The lowest BCUT2D eigenvalue weighted by Gasteiger charge is -2.33. The van der Waals surface area contributed by atoms with Crippen LogP contribution in [0, 0.1) is 13.8 Å². The lowest BCUT2D eigenvalue weighted by atomic mass is 10.1. The number of morpholine rings is 1. The number of aryl methyl sites for hydroxylation is 1. The highest BCUT2D eigenvalue weighted by atomic mass is 32.2. The Kier molecular flexibility index (Phi) is 4.41. The minimum absolute atomic E-state index is 0.0100. The molecule has 0 spiro atoms. The Balaban J connectivity index is 1.90. The molecule has 3 rings (SSSR count). The second kappa shape index (κ2) is 6.11. The average Bonchev–Trinajstić information content (AvgIpc) is 2.93. The van der Waals surface area contributed by atoms with Crippen LogP contribution in [-0.4, -0.2) is 69.6 Å². The number of primary sulfonamides is 1. The van der Waals surface area contributed by atoms with Gasteiger partial charge < -0.3 is 9.64 Å². The van der Waals surface area contributed by atoms with Crippen LogP contribution in [0.1, 0.15) is 21.5 Å². The number of benzene rings is 1. The first-order valence-electron chi connectivity index (χ1n) is 7.93. The van der Waals surface area contributed by atoms with Gasteiger partial charge in [0.15, 0.2) is 0 Å². The third-order valence-electron chi connectivity index (χ3n) is 5.04. The number of carbonyl (C=O) groups is 1. The van der Waals surface area contributed by atoms with Gasteiger partial charge in [-0.15, -0.1) is 0 Å². The molecule has 7 nitrogen and oxygen atoms in total. The van der Waals surface area contributed by atoms with Gasteiger partial charge in [-0.05, 0) is 44.2 Å². The van der Waals surface area contributed by atoms with E-state index in [1.165, 1.54) is 6.07 Å². The van der Waals surface area contributed by atoms with Crippen molar-refractivity contribution in [1.29, 1.82) is 0 Å². The van der Waals surface area contributed by atoms with E-state index in [0.717, 1.165) is 12.1 Å². The summed E-state index contributed by atoms with van der Waals surface area (Å²) in [6.07, 6.45) is 0.0111. The molecule has 2 heterocycles. The van der Waals surface area contributed by atoms with Gasteiger partial charge in [0.1, 0.15) is 0 Å². The van der Waals surface area contributed by atoms with E-state index in [-0.39, 0.29) is 22.9 Å². The van der Waals surface area contributed by atoms with E-state index >= 15 is 0 Å². The van der Waals surface area contributed by atoms with Crippen LogP contribution in [0.3, 0.4) is 0 Å². The number of ether oxygens (including phenoxy) is 1. The molecule has 2 aliphatic rings. The Labute approximate surface area is 142 Å². The largest absolute Gasteiger partial charge is 0.373 e. The number of hydrogen-bond acceptors (Lipinski definition) is 5. The Morgan fingerprint density at radius 2 is 2.00 bits per heavy atom. The van der Waals surface area contributed by atoms with E-state index < -0.39 is 10.0 Å². The maximum atomic E-state index is 12.9. The summed E-state index contributed by atoms with van der Waals surface area (Å²) in [5.74, 6) is -0.186. The SMILES string of the molecule is Cc1cc(C(=O)N2C[C@H]3OCCN(C)[C@H]3C2)cc(S(N)(=O)=O)c1C. The van der Waals surface area contributed by atoms with Gasteiger partial charge in [-0.3, -0.25) is 9.69 Å². The maximum absolute atomic E-state index is 12.9. The van der Waals surface area contributed by atoms with Crippen LogP contribution < -0.4 is 5.14 Å². The van der Waals surface area contributed by atoms with E-state index in [2.05, 4.69) is 4.90 Å². The molecule has 0 radical (unpaired) electrons. The lowest BCUT2D eigenvalue weighted by Crippen LogP contribution is -2.48. The summed E-state index contributed by atoms with van der Waals surface area (Å²) in [4.78, 5) is 16.8. The van der Waals surface area contributed by atoms with Crippen LogP contribution in [0.5, 0.6) is 0 Å². The molecule has 8 heteroatoms. The highest BCUT2D eigenvalue weighted by Crippen LogP contribution is 2.25. The summed E-state index contributed by atoms with van der Waals surface area (Å²) in [6, 6.07) is 3.29. The zero-order valence-electron chi connectivity index (χ0n) is 14.2. The quantitative estimate of drug-likeness (QED) is 0.814. The fourth-order valence-electron chi connectivity index (χ4n) is 3.45. The fourth-order valence-corrected chi connectivity index (χ4v) is 4.33. The van der Waals surface area contributed by atoms with Gasteiger partial charge in [-0.2, -0.15) is 0 Å². The standard InChI is InChI=1S/C16H23N3O4S/c1-10-6-12(7-15(11(10)2)24(17,21)22)16(20)19-8-13-14(9-19)23-5-4-18(13)3/h6-7,13-14H,4-5,8-9H2,1-3H3,(H2,17,21,22)/t13-,14+/m0/s1. The van der Waals surface area contributed by atoms with E-state index in [9.17, 15) is 13.2 Å². The molecule has 132 valence electrons. The first-order chi connectivity index (χ1) is 11.2. The van der Waals surface area contributed by atoms with Crippen LogP contribution in [0.2, 0.25) is 0 Å². The molecule has 2 atom stereocenters. The van der Waals surface area contributed by atoms with Crippen molar-refractivity contribution in [2.24, 2.45) is 5.14 Å².